The molecule has 0 aliphatic rings. The summed E-state index contributed by atoms with van der Waals surface area (Å²) in [6, 6.07) is -0.963. The number of rotatable bonds is 14. The molecule has 150 valence electrons. The van der Waals surface area contributed by atoms with Gasteiger partial charge >= 0.3 is 5.97 Å². The zero-order valence-electron chi connectivity index (χ0n) is 15.1. The minimum Gasteiger partial charge on any atom is -0.481 e. The van der Waals surface area contributed by atoms with E-state index < -0.39 is 36.5 Å². The fourth-order valence-electron chi connectivity index (χ4n) is 2.59. The highest BCUT2D eigenvalue weighted by Crippen LogP contribution is 2.18. The first-order valence-electron chi connectivity index (χ1n) is 8.26. The van der Waals surface area contributed by atoms with Crippen molar-refractivity contribution in [2.45, 2.75) is 38.3 Å². The second kappa shape index (κ2) is 12.0. The summed E-state index contributed by atoms with van der Waals surface area (Å²) in [7, 11) is 1.66. The number of carbonyl (C=O) groups excluding carboxylic acids is 2. The molecule has 10 heteroatoms. The lowest BCUT2D eigenvalue weighted by Crippen LogP contribution is -2.42. The SMILES string of the molecule is CC(O)[C@H](CC(=S)C[C@@H](CC(N)=O)CN(C)CC(=O)[C@@H](N)CO)C(=O)O. The van der Waals surface area contributed by atoms with Crippen LogP contribution in [-0.2, 0) is 14.4 Å². The molecule has 0 aliphatic heterocycles. The van der Waals surface area contributed by atoms with Gasteiger partial charge in [0.15, 0.2) is 5.78 Å². The van der Waals surface area contributed by atoms with Crippen LogP contribution in [0.5, 0.6) is 0 Å². The van der Waals surface area contributed by atoms with Crippen molar-refractivity contribution in [3.63, 3.8) is 0 Å². The molecule has 26 heavy (non-hydrogen) atoms. The number of carboxylic acid groups (broad SMARTS) is 1. The Morgan fingerprint density at radius 1 is 1.19 bits per heavy atom. The molecule has 0 aliphatic carbocycles. The monoisotopic (exact) mass is 391 g/mol. The quantitative estimate of drug-likeness (QED) is 0.222. The van der Waals surface area contributed by atoms with E-state index in [1.54, 1.807) is 11.9 Å². The third kappa shape index (κ3) is 9.88. The van der Waals surface area contributed by atoms with Crippen LogP contribution in [0.3, 0.4) is 0 Å². The van der Waals surface area contributed by atoms with E-state index in [1.165, 1.54) is 6.92 Å². The number of nitrogens with zero attached hydrogens (tertiary/aromatic N) is 1. The van der Waals surface area contributed by atoms with Crippen LogP contribution in [0.1, 0.15) is 26.2 Å². The van der Waals surface area contributed by atoms with Crippen LogP contribution in [0.25, 0.3) is 0 Å². The molecule has 7 N–H and O–H groups in total. The van der Waals surface area contributed by atoms with Gasteiger partial charge in [0.25, 0.3) is 0 Å². The third-order valence-corrected chi connectivity index (χ3v) is 4.29. The number of Topliss-reactive ketones (excluding diaryl/α,β-unsaturated/α-hetero) is 1. The van der Waals surface area contributed by atoms with Gasteiger partial charge in [0.05, 0.1) is 31.2 Å². The minimum absolute atomic E-state index is 0.00479. The highest BCUT2D eigenvalue weighted by molar-refractivity contribution is 7.80. The molecule has 4 atom stereocenters. The summed E-state index contributed by atoms with van der Waals surface area (Å²) in [6.45, 7) is 1.25. The Balaban J connectivity index is 4.83. The number of primary amides is 1. The second-order valence-electron chi connectivity index (χ2n) is 6.62. The molecule has 0 saturated carbocycles. The number of thiocarbonyl (C=S) groups is 1. The van der Waals surface area contributed by atoms with Crippen molar-refractivity contribution >= 4 is 34.7 Å². The molecule has 0 fully saturated rings. The fraction of sp³-hybridized carbons (Fsp3) is 0.750. The molecule has 0 saturated heterocycles. The lowest BCUT2D eigenvalue weighted by molar-refractivity contribution is -0.145. The molecule has 0 radical (unpaired) electrons. The van der Waals surface area contributed by atoms with Crippen molar-refractivity contribution in [3.8, 4) is 0 Å². The molecule has 0 aromatic rings. The van der Waals surface area contributed by atoms with Gasteiger partial charge in [-0.1, -0.05) is 12.2 Å². The van der Waals surface area contributed by atoms with Gasteiger partial charge in [-0.05, 0) is 37.6 Å². The van der Waals surface area contributed by atoms with Gasteiger partial charge in [0.2, 0.25) is 5.91 Å². The predicted octanol–water partition coefficient (Wildman–Crippen LogP) is -1.47. The van der Waals surface area contributed by atoms with Gasteiger partial charge in [-0.15, -0.1) is 0 Å². The first-order chi connectivity index (χ1) is 12.0. The van der Waals surface area contributed by atoms with E-state index >= 15 is 0 Å². The van der Waals surface area contributed by atoms with Gasteiger partial charge < -0.3 is 26.8 Å². The van der Waals surface area contributed by atoms with Gasteiger partial charge in [0.1, 0.15) is 0 Å². The van der Waals surface area contributed by atoms with Crippen molar-refractivity contribution in [3.05, 3.63) is 0 Å². The average Bonchev–Trinajstić information content (AvgIpc) is 2.49. The van der Waals surface area contributed by atoms with E-state index in [0.29, 0.717) is 11.4 Å². The second-order valence-corrected chi connectivity index (χ2v) is 7.20. The number of amides is 1. The maximum absolute atomic E-state index is 11.8. The number of aliphatic carboxylic acids is 1. The predicted molar refractivity (Wildman–Crippen MR) is 99.5 cm³/mol. The molecular weight excluding hydrogens is 362 g/mol. The van der Waals surface area contributed by atoms with Crippen molar-refractivity contribution in [2.75, 3.05) is 26.7 Å². The van der Waals surface area contributed by atoms with Crippen molar-refractivity contribution in [1.82, 2.24) is 4.90 Å². The molecule has 9 nitrogen and oxygen atoms in total. The standard InChI is InChI=1S/C16H29N3O6S/c1-9(21)12(16(24)25)5-11(26)3-10(4-15(18)23)6-19(2)7-14(22)13(17)8-20/h9-10,12-13,20-21H,3-8,17H2,1-2H3,(H2,18,23)(H,24,25)/t9?,10-,12-,13-/m0/s1. The summed E-state index contributed by atoms with van der Waals surface area (Å²) in [6.07, 6.45) is -0.758. The summed E-state index contributed by atoms with van der Waals surface area (Å²) >= 11 is 5.23. The molecule has 0 heterocycles. The van der Waals surface area contributed by atoms with Gasteiger partial charge in [-0.3, -0.25) is 19.3 Å². The maximum atomic E-state index is 11.8. The van der Waals surface area contributed by atoms with E-state index in [4.69, 9.17) is 33.9 Å². The number of ketones is 1. The smallest absolute Gasteiger partial charge is 0.309 e. The fourth-order valence-corrected chi connectivity index (χ4v) is 3.01. The number of aliphatic hydroxyl groups excluding tert-OH is 2. The molecule has 0 rings (SSSR count). The van der Waals surface area contributed by atoms with Crippen LogP contribution >= 0.6 is 12.2 Å². The minimum atomic E-state index is -1.14. The Bertz CT molecular complexity index is 514. The molecule has 1 unspecified atom stereocenters. The van der Waals surface area contributed by atoms with E-state index in [2.05, 4.69) is 0 Å². The van der Waals surface area contributed by atoms with Gasteiger partial charge in [-0.2, -0.15) is 0 Å². The molecule has 0 bridgehead atoms. The lowest BCUT2D eigenvalue weighted by Gasteiger charge is -2.24. The number of aliphatic hydroxyl groups is 2. The van der Waals surface area contributed by atoms with Crippen LogP contribution in [0.15, 0.2) is 0 Å². The Kier molecular flexibility index (Phi) is 11.3. The molecule has 0 spiro atoms. The van der Waals surface area contributed by atoms with Crippen LogP contribution in [0.2, 0.25) is 0 Å². The number of carbonyl (C=O) groups is 3. The zero-order valence-corrected chi connectivity index (χ0v) is 15.9. The van der Waals surface area contributed by atoms with Crippen molar-refractivity contribution in [2.24, 2.45) is 23.3 Å². The number of carboxylic acids is 1. The van der Waals surface area contributed by atoms with E-state index in [0.717, 1.165) is 0 Å². The summed E-state index contributed by atoms with van der Waals surface area (Å²) in [4.78, 5) is 36.3. The molecular formula is C16H29N3O6S. The number of hydrogen-bond acceptors (Lipinski definition) is 8. The largest absolute Gasteiger partial charge is 0.481 e. The number of nitrogens with two attached hydrogens (primary N) is 2. The first-order valence-corrected chi connectivity index (χ1v) is 8.67. The average molecular weight is 391 g/mol. The van der Waals surface area contributed by atoms with E-state index in [1.807, 2.05) is 0 Å². The van der Waals surface area contributed by atoms with Crippen molar-refractivity contribution < 1.29 is 29.7 Å². The highest BCUT2D eigenvalue weighted by atomic mass is 32.1. The van der Waals surface area contributed by atoms with Crippen LogP contribution in [-0.4, -0.2) is 81.6 Å². The summed E-state index contributed by atoms with van der Waals surface area (Å²) in [5.41, 5.74) is 10.7. The summed E-state index contributed by atoms with van der Waals surface area (Å²) < 4.78 is 0. The summed E-state index contributed by atoms with van der Waals surface area (Å²) in [5, 5.41) is 27.6. The van der Waals surface area contributed by atoms with Crippen LogP contribution < -0.4 is 11.5 Å². The van der Waals surface area contributed by atoms with Gasteiger partial charge in [0, 0.05) is 13.0 Å². The highest BCUT2D eigenvalue weighted by Gasteiger charge is 2.26. The summed E-state index contributed by atoms with van der Waals surface area (Å²) in [5.74, 6) is -3.33. The Morgan fingerprint density at radius 2 is 1.77 bits per heavy atom. The number of likely N-dealkylation sites (N-methyl/N-ethyl adjacent to an activating group) is 1. The third-order valence-electron chi connectivity index (χ3n) is 3.96. The zero-order chi connectivity index (χ0) is 20.4. The van der Waals surface area contributed by atoms with Crippen LogP contribution in [0.4, 0.5) is 0 Å². The van der Waals surface area contributed by atoms with Crippen LogP contribution in [0, 0.1) is 11.8 Å². The van der Waals surface area contributed by atoms with Gasteiger partial charge in [-0.25, -0.2) is 0 Å². The maximum Gasteiger partial charge on any atom is 0.309 e. The number of hydrogen-bond donors (Lipinski definition) is 5. The van der Waals surface area contributed by atoms with Crippen molar-refractivity contribution in [1.29, 1.82) is 0 Å². The molecule has 1 amide bonds. The Morgan fingerprint density at radius 3 is 2.19 bits per heavy atom. The van der Waals surface area contributed by atoms with E-state index in [9.17, 15) is 19.5 Å². The Hall–Kier alpha value is -1.46. The lowest BCUT2D eigenvalue weighted by atomic mass is 9.91. The molecule has 0 aromatic heterocycles. The topological polar surface area (TPSA) is 167 Å². The Labute approximate surface area is 158 Å². The van der Waals surface area contributed by atoms with E-state index in [-0.39, 0.29) is 37.5 Å². The molecule has 0 aromatic carbocycles. The normalized spacial score (nSPS) is 15.9. The first kappa shape index (κ1) is 24.5.